The Balaban J connectivity index is 1.95. The fourth-order valence-electron chi connectivity index (χ4n) is 2.17. The van der Waals surface area contributed by atoms with E-state index in [9.17, 15) is 4.79 Å². The van der Waals surface area contributed by atoms with Crippen molar-refractivity contribution in [2.75, 3.05) is 5.32 Å². The van der Waals surface area contributed by atoms with Crippen molar-refractivity contribution in [2.24, 2.45) is 5.73 Å². The molecule has 2 aromatic rings. The van der Waals surface area contributed by atoms with Crippen molar-refractivity contribution in [3.63, 3.8) is 0 Å². The summed E-state index contributed by atoms with van der Waals surface area (Å²) in [5, 5.41) is 11.1. The van der Waals surface area contributed by atoms with Crippen molar-refractivity contribution in [3.05, 3.63) is 41.6 Å². The van der Waals surface area contributed by atoms with E-state index < -0.39 is 0 Å². The fraction of sp³-hybridized carbons (Fsp3) is 0.214. The monoisotopic (exact) mass is 254 g/mol. The number of hydrogen-bond donors (Lipinski definition) is 2. The quantitative estimate of drug-likeness (QED) is 0.850. The SMILES string of the molecule is NCc1ccc(-c2ccc3c(c2)CCC(=O)N3)nn1. The number of carbonyl (C=O) groups is 1. The molecule has 1 aromatic heterocycles. The molecule has 96 valence electrons. The van der Waals surface area contributed by atoms with Crippen LogP contribution in [-0.4, -0.2) is 16.1 Å². The van der Waals surface area contributed by atoms with Crippen LogP contribution >= 0.6 is 0 Å². The number of amides is 1. The Bertz CT molecular complexity index is 622. The maximum Gasteiger partial charge on any atom is 0.224 e. The predicted molar refractivity (Wildman–Crippen MR) is 72.3 cm³/mol. The topological polar surface area (TPSA) is 80.9 Å². The molecule has 1 amide bonds. The molecule has 5 nitrogen and oxygen atoms in total. The van der Waals surface area contributed by atoms with Gasteiger partial charge in [-0.3, -0.25) is 4.79 Å². The molecule has 0 spiro atoms. The van der Waals surface area contributed by atoms with Gasteiger partial charge in [-0.2, -0.15) is 10.2 Å². The average Bonchev–Trinajstić information content (AvgIpc) is 2.47. The number of nitrogens with two attached hydrogens (primary N) is 1. The minimum absolute atomic E-state index is 0.0762. The first-order valence-corrected chi connectivity index (χ1v) is 6.22. The molecular formula is C14H14N4O. The summed E-state index contributed by atoms with van der Waals surface area (Å²) in [5.41, 5.74) is 10.1. The van der Waals surface area contributed by atoms with Crippen molar-refractivity contribution in [2.45, 2.75) is 19.4 Å². The van der Waals surface area contributed by atoms with E-state index in [2.05, 4.69) is 21.6 Å². The van der Waals surface area contributed by atoms with Gasteiger partial charge in [0.2, 0.25) is 5.91 Å². The van der Waals surface area contributed by atoms with Crippen LogP contribution in [0.2, 0.25) is 0 Å². The Morgan fingerprint density at radius 3 is 2.79 bits per heavy atom. The number of aryl methyl sites for hydroxylation is 1. The zero-order valence-corrected chi connectivity index (χ0v) is 10.4. The normalized spacial score (nSPS) is 13.8. The highest BCUT2D eigenvalue weighted by Crippen LogP contribution is 2.27. The second-order valence-corrected chi connectivity index (χ2v) is 4.53. The van der Waals surface area contributed by atoms with Gasteiger partial charge in [0.25, 0.3) is 0 Å². The molecule has 3 rings (SSSR count). The van der Waals surface area contributed by atoms with Gasteiger partial charge in [-0.15, -0.1) is 0 Å². The van der Waals surface area contributed by atoms with E-state index in [-0.39, 0.29) is 5.91 Å². The largest absolute Gasteiger partial charge is 0.326 e. The maximum atomic E-state index is 11.3. The number of aromatic nitrogens is 2. The highest BCUT2D eigenvalue weighted by atomic mass is 16.1. The molecule has 0 radical (unpaired) electrons. The third-order valence-corrected chi connectivity index (χ3v) is 3.23. The van der Waals surface area contributed by atoms with E-state index in [0.29, 0.717) is 13.0 Å². The number of hydrogen-bond acceptors (Lipinski definition) is 4. The van der Waals surface area contributed by atoms with Gasteiger partial charge >= 0.3 is 0 Å². The van der Waals surface area contributed by atoms with Gasteiger partial charge in [0.1, 0.15) is 0 Å². The van der Waals surface area contributed by atoms with E-state index in [1.165, 1.54) is 0 Å². The number of anilines is 1. The molecule has 0 fully saturated rings. The van der Waals surface area contributed by atoms with E-state index in [4.69, 9.17) is 5.73 Å². The summed E-state index contributed by atoms with van der Waals surface area (Å²) < 4.78 is 0. The summed E-state index contributed by atoms with van der Waals surface area (Å²) in [4.78, 5) is 11.3. The van der Waals surface area contributed by atoms with E-state index in [1.807, 2.05) is 24.3 Å². The van der Waals surface area contributed by atoms with Gasteiger partial charge in [0.15, 0.2) is 0 Å². The molecule has 1 aliphatic heterocycles. The van der Waals surface area contributed by atoms with Crippen molar-refractivity contribution < 1.29 is 4.79 Å². The molecule has 0 atom stereocenters. The van der Waals surface area contributed by atoms with Gasteiger partial charge in [-0.05, 0) is 36.2 Å². The molecule has 1 aromatic carbocycles. The lowest BCUT2D eigenvalue weighted by Crippen LogP contribution is -2.18. The van der Waals surface area contributed by atoms with Crippen LogP contribution in [0, 0.1) is 0 Å². The Morgan fingerprint density at radius 1 is 1.16 bits per heavy atom. The predicted octanol–water partition coefficient (Wildman–Crippen LogP) is 1.49. The Hall–Kier alpha value is -2.27. The maximum absolute atomic E-state index is 11.3. The number of nitrogens with zero attached hydrogens (tertiary/aromatic N) is 2. The number of fused-ring (bicyclic) bond motifs is 1. The first kappa shape index (κ1) is 11.8. The molecule has 3 N–H and O–H groups in total. The van der Waals surface area contributed by atoms with Crippen LogP contribution in [0.5, 0.6) is 0 Å². The van der Waals surface area contributed by atoms with E-state index >= 15 is 0 Å². The lowest BCUT2D eigenvalue weighted by atomic mass is 9.99. The first-order chi connectivity index (χ1) is 9.26. The van der Waals surface area contributed by atoms with Crippen LogP contribution in [0.15, 0.2) is 30.3 Å². The second-order valence-electron chi connectivity index (χ2n) is 4.53. The minimum Gasteiger partial charge on any atom is -0.326 e. The van der Waals surface area contributed by atoms with Crippen molar-refractivity contribution >= 4 is 11.6 Å². The lowest BCUT2D eigenvalue weighted by Gasteiger charge is -2.17. The van der Waals surface area contributed by atoms with Gasteiger partial charge in [0.05, 0.1) is 11.4 Å². The molecule has 19 heavy (non-hydrogen) atoms. The molecule has 1 aliphatic rings. The highest BCUT2D eigenvalue weighted by Gasteiger charge is 2.15. The van der Waals surface area contributed by atoms with Crippen LogP contribution in [-0.2, 0) is 17.8 Å². The van der Waals surface area contributed by atoms with Crippen molar-refractivity contribution in [3.8, 4) is 11.3 Å². The van der Waals surface area contributed by atoms with Gasteiger partial charge in [0, 0.05) is 24.2 Å². The van der Waals surface area contributed by atoms with E-state index in [1.54, 1.807) is 0 Å². The van der Waals surface area contributed by atoms with Crippen molar-refractivity contribution in [1.29, 1.82) is 0 Å². The summed E-state index contributed by atoms with van der Waals surface area (Å²) in [6.07, 6.45) is 1.30. The van der Waals surface area contributed by atoms with Gasteiger partial charge in [-0.25, -0.2) is 0 Å². The number of benzene rings is 1. The van der Waals surface area contributed by atoms with E-state index in [0.717, 1.165) is 34.6 Å². The molecule has 0 saturated heterocycles. The number of carbonyl (C=O) groups excluding carboxylic acids is 1. The Labute approximate surface area is 110 Å². The Kier molecular flexibility index (Phi) is 2.97. The zero-order chi connectivity index (χ0) is 13.2. The highest BCUT2D eigenvalue weighted by molar-refractivity contribution is 5.94. The van der Waals surface area contributed by atoms with Crippen molar-refractivity contribution in [1.82, 2.24) is 10.2 Å². The molecule has 0 aliphatic carbocycles. The van der Waals surface area contributed by atoms with Gasteiger partial charge in [-0.1, -0.05) is 6.07 Å². The minimum atomic E-state index is 0.0762. The summed E-state index contributed by atoms with van der Waals surface area (Å²) in [7, 11) is 0. The molecular weight excluding hydrogens is 240 g/mol. The molecule has 0 unspecified atom stereocenters. The van der Waals surface area contributed by atoms with Crippen LogP contribution in [0.3, 0.4) is 0 Å². The fourth-order valence-corrected chi connectivity index (χ4v) is 2.17. The lowest BCUT2D eigenvalue weighted by molar-refractivity contribution is -0.116. The average molecular weight is 254 g/mol. The second kappa shape index (κ2) is 4.78. The third kappa shape index (κ3) is 2.32. The van der Waals surface area contributed by atoms with Crippen LogP contribution in [0.25, 0.3) is 11.3 Å². The number of rotatable bonds is 2. The van der Waals surface area contributed by atoms with Gasteiger partial charge < -0.3 is 11.1 Å². The van der Waals surface area contributed by atoms with Crippen LogP contribution in [0.4, 0.5) is 5.69 Å². The first-order valence-electron chi connectivity index (χ1n) is 6.22. The smallest absolute Gasteiger partial charge is 0.224 e. The van der Waals surface area contributed by atoms with Crippen LogP contribution in [0.1, 0.15) is 17.7 Å². The zero-order valence-electron chi connectivity index (χ0n) is 10.4. The summed E-state index contributed by atoms with van der Waals surface area (Å²) >= 11 is 0. The summed E-state index contributed by atoms with van der Waals surface area (Å²) in [6, 6.07) is 9.71. The third-order valence-electron chi connectivity index (χ3n) is 3.23. The number of nitrogens with one attached hydrogen (secondary N) is 1. The molecule has 5 heteroatoms. The summed E-state index contributed by atoms with van der Waals surface area (Å²) in [6.45, 7) is 0.392. The molecule has 0 saturated carbocycles. The summed E-state index contributed by atoms with van der Waals surface area (Å²) in [5.74, 6) is 0.0762. The molecule has 0 bridgehead atoms. The Morgan fingerprint density at radius 2 is 2.05 bits per heavy atom. The van der Waals surface area contributed by atoms with Crippen LogP contribution < -0.4 is 11.1 Å². The molecule has 2 heterocycles. The standard InChI is InChI=1S/C14H14N4O/c15-8-11-3-5-13(18-17-11)10-1-4-12-9(7-10)2-6-14(19)16-12/h1,3-5,7H,2,6,8,15H2,(H,16,19).